The van der Waals surface area contributed by atoms with Crippen LogP contribution in [0.4, 0.5) is 10.1 Å². The highest BCUT2D eigenvalue weighted by molar-refractivity contribution is 7.89. The van der Waals surface area contributed by atoms with E-state index >= 15 is 0 Å². The topological polar surface area (TPSA) is 89.3 Å². The number of halogens is 1. The van der Waals surface area contributed by atoms with Gasteiger partial charge in [0.15, 0.2) is 0 Å². The van der Waals surface area contributed by atoms with E-state index in [1.165, 1.54) is 0 Å². The molecule has 1 atom stereocenters. The number of nitro groups is 1. The molecule has 2 aromatic carbocycles. The Morgan fingerprint density at radius 3 is 2.50 bits per heavy atom. The summed E-state index contributed by atoms with van der Waals surface area (Å²) in [4.78, 5) is 9.45. The summed E-state index contributed by atoms with van der Waals surface area (Å²) in [5.41, 5.74) is 0.218. The van der Waals surface area contributed by atoms with Crippen LogP contribution < -0.4 is 4.72 Å². The molecule has 0 aliphatic carbocycles. The van der Waals surface area contributed by atoms with Crippen molar-refractivity contribution < 1.29 is 17.7 Å². The van der Waals surface area contributed by atoms with Gasteiger partial charge in [-0.2, -0.15) is 4.39 Å². The standard InChI is InChI=1S/C16H17FN2O4S/c1-12(7-8-13-5-3-2-4-6-13)18-24(22,23)14-9-10-15(17)16(11-14)19(20)21/h2-6,9-12,18H,7-8H2,1H3/t12-/m0/s1. The molecule has 0 saturated heterocycles. The Morgan fingerprint density at radius 1 is 1.21 bits per heavy atom. The van der Waals surface area contributed by atoms with Crippen molar-refractivity contribution >= 4 is 15.7 Å². The average Bonchev–Trinajstić information content (AvgIpc) is 2.53. The van der Waals surface area contributed by atoms with Crippen molar-refractivity contribution in [2.75, 3.05) is 0 Å². The summed E-state index contributed by atoms with van der Waals surface area (Å²) in [5.74, 6) is -1.07. The van der Waals surface area contributed by atoms with Gasteiger partial charge < -0.3 is 0 Å². The van der Waals surface area contributed by atoms with Crippen LogP contribution in [0.5, 0.6) is 0 Å². The third-order valence-electron chi connectivity index (χ3n) is 3.49. The van der Waals surface area contributed by atoms with Crippen LogP contribution >= 0.6 is 0 Å². The van der Waals surface area contributed by atoms with Crippen molar-refractivity contribution in [1.29, 1.82) is 0 Å². The summed E-state index contributed by atoms with van der Waals surface area (Å²) in [5, 5.41) is 10.7. The van der Waals surface area contributed by atoms with Crippen molar-refractivity contribution in [3.63, 3.8) is 0 Å². The summed E-state index contributed by atoms with van der Waals surface area (Å²) >= 11 is 0. The van der Waals surface area contributed by atoms with Gasteiger partial charge in [-0.25, -0.2) is 13.1 Å². The van der Waals surface area contributed by atoms with Gasteiger partial charge in [-0.05, 0) is 37.5 Å². The fraction of sp³-hybridized carbons (Fsp3) is 0.250. The van der Waals surface area contributed by atoms with E-state index in [2.05, 4.69) is 4.72 Å². The minimum absolute atomic E-state index is 0.331. The van der Waals surface area contributed by atoms with E-state index in [4.69, 9.17) is 0 Å². The molecule has 0 aliphatic rings. The molecule has 0 amide bonds. The van der Waals surface area contributed by atoms with E-state index in [9.17, 15) is 22.9 Å². The molecule has 0 spiro atoms. The average molecular weight is 352 g/mol. The Labute approximate surface area is 139 Å². The first-order valence-corrected chi connectivity index (χ1v) is 8.78. The molecule has 0 bridgehead atoms. The van der Waals surface area contributed by atoms with Crippen LogP contribution in [-0.4, -0.2) is 19.4 Å². The summed E-state index contributed by atoms with van der Waals surface area (Å²) in [6.45, 7) is 1.71. The molecule has 2 rings (SSSR count). The lowest BCUT2D eigenvalue weighted by Gasteiger charge is -2.14. The van der Waals surface area contributed by atoms with Gasteiger partial charge in [-0.15, -0.1) is 0 Å². The van der Waals surface area contributed by atoms with Gasteiger partial charge in [0.1, 0.15) is 0 Å². The summed E-state index contributed by atoms with van der Waals surface area (Å²) in [6.07, 6.45) is 1.25. The highest BCUT2D eigenvalue weighted by atomic mass is 32.2. The Bertz CT molecular complexity index is 825. The highest BCUT2D eigenvalue weighted by Gasteiger charge is 2.22. The lowest BCUT2D eigenvalue weighted by Crippen LogP contribution is -2.33. The molecular weight excluding hydrogens is 335 g/mol. The first-order chi connectivity index (χ1) is 11.3. The SMILES string of the molecule is C[C@@H](CCc1ccccc1)NS(=O)(=O)c1ccc(F)c([N+](=O)[O-])c1. The van der Waals surface area contributed by atoms with Gasteiger partial charge in [0.05, 0.1) is 9.82 Å². The summed E-state index contributed by atoms with van der Waals surface area (Å²) in [7, 11) is -3.96. The van der Waals surface area contributed by atoms with Crippen LogP contribution in [0.1, 0.15) is 18.9 Å². The van der Waals surface area contributed by atoms with Crippen LogP contribution in [0, 0.1) is 15.9 Å². The Morgan fingerprint density at radius 2 is 1.88 bits per heavy atom. The lowest BCUT2D eigenvalue weighted by atomic mass is 10.1. The molecule has 0 fully saturated rings. The fourth-order valence-electron chi connectivity index (χ4n) is 2.22. The molecule has 0 aromatic heterocycles. The number of sulfonamides is 1. The van der Waals surface area contributed by atoms with E-state index in [0.29, 0.717) is 12.8 Å². The lowest BCUT2D eigenvalue weighted by molar-refractivity contribution is -0.387. The summed E-state index contributed by atoms with van der Waals surface area (Å²) < 4.78 is 40.3. The maximum absolute atomic E-state index is 13.3. The van der Waals surface area contributed by atoms with Crippen molar-refractivity contribution in [2.24, 2.45) is 0 Å². The monoisotopic (exact) mass is 352 g/mol. The molecule has 6 nitrogen and oxygen atoms in total. The molecular formula is C16H17FN2O4S. The largest absolute Gasteiger partial charge is 0.306 e. The zero-order chi connectivity index (χ0) is 17.7. The van der Waals surface area contributed by atoms with Gasteiger partial charge >= 0.3 is 5.69 Å². The number of aryl methyl sites for hydroxylation is 1. The minimum atomic E-state index is -3.96. The van der Waals surface area contributed by atoms with Crippen molar-refractivity contribution in [2.45, 2.75) is 30.7 Å². The van der Waals surface area contributed by atoms with Gasteiger partial charge in [-0.3, -0.25) is 10.1 Å². The van der Waals surface area contributed by atoms with E-state index in [1.807, 2.05) is 30.3 Å². The van der Waals surface area contributed by atoms with Crippen molar-refractivity contribution in [3.05, 3.63) is 70.0 Å². The molecule has 0 radical (unpaired) electrons. The smallest absolute Gasteiger partial charge is 0.258 e. The Balaban J connectivity index is 2.07. The van der Waals surface area contributed by atoms with E-state index in [-0.39, 0.29) is 10.9 Å². The molecule has 0 unspecified atom stereocenters. The van der Waals surface area contributed by atoms with Gasteiger partial charge in [0, 0.05) is 12.1 Å². The Kier molecular flexibility index (Phi) is 5.63. The maximum atomic E-state index is 13.3. The third kappa shape index (κ3) is 4.59. The second-order valence-corrected chi connectivity index (χ2v) is 7.13. The van der Waals surface area contributed by atoms with Crippen molar-refractivity contribution in [1.82, 2.24) is 4.72 Å². The van der Waals surface area contributed by atoms with Gasteiger partial charge in [0.25, 0.3) is 0 Å². The van der Waals surface area contributed by atoms with E-state index in [1.54, 1.807) is 6.92 Å². The number of rotatable bonds is 7. The van der Waals surface area contributed by atoms with Crippen molar-refractivity contribution in [3.8, 4) is 0 Å². The predicted octanol–water partition coefficient (Wildman–Crippen LogP) is 3.03. The number of nitro benzene ring substituents is 1. The Hall–Kier alpha value is -2.32. The molecule has 1 N–H and O–H groups in total. The van der Waals surface area contributed by atoms with E-state index in [0.717, 1.165) is 23.8 Å². The van der Waals surface area contributed by atoms with Crippen LogP contribution in [0.15, 0.2) is 53.4 Å². The molecule has 2 aromatic rings. The number of hydrogen-bond donors (Lipinski definition) is 1. The minimum Gasteiger partial charge on any atom is -0.258 e. The summed E-state index contributed by atoms with van der Waals surface area (Å²) in [6, 6.07) is 11.7. The molecule has 8 heteroatoms. The van der Waals surface area contributed by atoms with Crippen LogP contribution in [0.2, 0.25) is 0 Å². The quantitative estimate of drug-likeness (QED) is 0.613. The van der Waals surface area contributed by atoms with Crippen LogP contribution in [0.3, 0.4) is 0 Å². The van der Waals surface area contributed by atoms with Crippen LogP contribution in [0.25, 0.3) is 0 Å². The number of nitrogens with one attached hydrogen (secondary N) is 1. The van der Waals surface area contributed by atoms with Crippen LogP contribution in [-0.2, 0) is 16.4 Å². The zero-order valence-electron chi connectivity index (χ0n) is 13.0. The first kappa shape index (κ1) is 18.0. The molecule has 128 valence electrons. The second kappa shape index (κ2) is 7.50. The molecule has 24 heavy (non-hydrogen) atoms. The first-order valence-electron chi connectivity index (χ1n) is 7.30. The zero-order valence-corrected chi connectivity index (χ0v) is 13.8. The number of hydrogen-bond acceptors (Lipinski definition) is 4. The predicted molar refractivity (Wildman–Crippen MR) is 87.6 cm³/mol. The number of benzene rings is 2. The van der Waals surface area contributed by atoms with Gasteiger partial charge in [-0.1, -0.05) is 30.3 Å². The maximum Gasteiger partial charge on any atom is 0.306 e. The highest BCUT2D eigenvalue weighted by Crippen LogP contribution is 2.21. The van der Waals surface area contributed by atoms with Gasteiger partial charge in [0.2, 0.25) is 15.8 Å². The third-order valence-corrected chi connectivity index (χ3v) is 5.08. The fourth-order valence-corrected chi connectivity index (χ4v) is 3.52. The number of nitrogens with zero attached hydrogens (tertiary/aromatic N) is 1. The normalized spacial score (nSPS) is 12.8. The molecule has 0 heterocycles. The molecule has 0 saturated carbocycles. The van der Waals surface area contributed by atoms with E-state index < -0.39 is 26.5 Å². The second-order valence-electron chi connectivity index (χ2n) is 5.42. The molecule has 0 aliphatic heterocycles.